The Bertz CT molecular complexity index is 482. The van der Waals surface area contributed by atoms with Crippen molar-refractivity contribution in [3.8, 4) is 0 Å². The third kappa shape index (κ3) is 2.10. The van der Waals surface area contributed by atoms with Crippen LogP contribution in [0.3, 0.4) is 0 Å². The molecule has 0 radical (unpaired) electrons. The van der Waals surface area contributed by atoms with Gasteiger partial charge >= 0.3 is 0 Å². The molecule has 15 heavy (non-hydrogen) atoms. The highest BCUT2D eigenvalue weighted by molar-refractivity contribution is 7.71. The van der Waals surface area contributed by atoms with Crippen molar-refractivity contribution in [3.05, 3.63) is 27.2 Å². The molecule has 6 heteroatoms. The summed E-state index contributed by atoms with van der Waals surface area (Å²) in [4.78, 5) is 3.38. The number of H-pyrrole nitrogens is 1. The molecule has 0 aromatic carbocycles. The molecular weight excluding hydrogens is 228 g/mol. The molecule has 0 aliphatic heterocycles. The SMILES string of the molecule is CN(Cc1cccs1)c1n[nH]c(=S)n1C. The van der Waals surface area contributed by atoms with E-state index < -0.39 is 0 Å². The van der Waals surface area contributed by atoms with E-state index in [4.69, 9.17) is 12.2 Å². The first-order valence-corrected chi connectivity index (χ1v) is 5.82. The van der Waals surface area contributed by atoms with Gasteiger partial charge in [0, 0.05) is 19.0 Å². The Labute approximate surface area is 97.2 Å². The van der Waals surface area contributed by atoms with Crippen molar-refractivity contribution in [1.82, 2.24) is 14.8 Å². The Morgan fingerprint density at radius 3 is 3.00 bits per heavy atom. The van der Waals surface area contributed by atoms with E-state index in [1.54, 1.807) is 11.3 Å². The molecule has 2 aromatic heterocycles. The molecule has 1 N–H and O–H groups in total. The van der Waals surface area contributed by atoms with Crippen LogP contribution in [0.4, 0.5) is 5.95 Å². The Balaban J connectivity index is 2.18. The molecule has 0 spiro atoms. The molecule has 0 bridgehead atoms. The van der Waals surface area contributed by atoms with Gasteiger partial charge in [-0.2, -0.15) is 0 Å². The third-order valence-electron chi connectivity index (χ3n) is 2.17. The fraction of sp³-hybridized carbons (Fsp3) is 0.333. The zero-order valence-electron chi connectivity index (χ0n) is 8.60. The lowest BCUT2D eigenvalue weighted by atomic mass is 10.4. The van der Waals surface area contributed by atoms with Gasteiger partial charge in [-0.25, -0.2) is 5.10 Å². The first-order valence-electron chi connectivity index (χ1n) is 4.53. The summed E-state index contributed by atoms with van der Waals surface area (Å²) in [7, 11) is 3.91. The summed E-state index contributed by atoms with van der Waals surface area (Å²) < 4.78 is 2.51. The number of aromatic nitrogens is 3. The topological polar surface area (TPSA) is 36.9 Å². The summed E-state index contributed by atoms with van der Waals surface area (Å²) in [6, 6.07) is 4.17. The van der Waals surface area contributed by atoms with E-state index in [1.165, 1.54) is 4.88 Å². The van der Waals surface area contributed by atoms with Gasteiger partial charge in [-0.15, -0.1) is 16.4 Å². The standard InChI is InChI=1S/C9H12N4S2/c1-12(6-7-4-3-5-15-7)8-10-11-9(14)13(8)2/h3-5H,6H2,1-2H3,(H,11,14). The van der Waals surface area contributed by atoms with Crippen LogP contribution in [0.25, 0.3) is 0 Å². The second-order valence-corrected chi connectivity index (χ2v) is 4.74. The van der Waals surface area contributed by atoms with E-state index in [9.17, 15) is 0 Å². The Morgan fingerprint density at radius 1 is 1.67 bits per heavy atom. The van der Waals surface area contributed by atoms with Crippen molar-refractivity contribution >= 4 is 29.5 Å². The molecule has 0 saturated carbocycles. The van der Waals surface area contributed by atoms with E-state index in [0.717, 1.165) is 12.5 Å². The molecule has 2 rings (SSSR count). The van der Waals surface area contributed by atoms with Crippen molar-refractivity contribution in [1.29, 1.82) is 0 Å². The zero-order chi connectivity index (χ0) is 10.8. The molecule has 2 heterocycles. The minimum atomic E-state index is 0.642. The van der Waals surface area contributed by atoms with Crippen molar-refractivity contribution in [2.24, 2.45) is 7.05 Å². The molecule has 0 aliphatic rings. The molecular formula is C9H12N4S2. The van der Waals surface area contributed by atoms with E-state index >= 15 is 0 Å². The fourth-order valence-electron chi connectivity index (χ4n) is 1.39. The molecule has 0 unspecified atom stereocenters. The summed E-state index contributed by atoms with van der Waals surface area (Å²) >= 11 is 6.81. The summed E-state index contributed by atoms with van der Waals surface area (Å²) in [6.45, 7) is 0.852. The van der Waals surface area contributed by atoms with Gasteiger partial charge in [-0.05, 0) is 23.7 Å². The Morgan fingerprint density at radius 2 is 2.47 bits per heavy atom. The Kier molecular flexibility index (Phi) is 2.88. The van der Waals surface area contributed by atoms with Gasteiger partial charge in [0.2, 0.25) is 5.95 Å². The summed E-state index contributed by atoms with van der Waals surface area (Å²) in [5.41, 5.74) is 0. The van der Waals surface area contributed by atoms with Gasteiger partial charge in [0.15, 0.2) is 4.77 Å². The number of hydrogen-bond donors (Lipinski definition) is 1. The maximum Gasteiger partial charge on any atom is 0.225 e. The summed E-state index contributed by atoms with van der Waals surface area (Å²) in [6.07, 6.45) is 0. The normalized spacial score (nSPS) is 10.5. The fourth-order valence-corrected chi connectivity index (χ4v) is 2.27. The van der Waals surface area contributed by atoms with Crippen LogP contribution in [-0.4, -0.2) is 21.8 Å². The first kappa shape index (κ1) is 10.4. The van der Waals surface area contributed by atoms with Gasteiger partial charge < -0.3 is 4.90 Å². The average molecular weight is 240 g/mol. The summed E-state index contributed by atoms with van der Waals surface area (Å²) in [5, 5.41) is 9.02. The van der Waals surface area contributed by atoms with E-state index in [-0.39, 0.29) is 0 Å². The number of anilines is 1. The maximum atomic E-state index is 5.06. The van der Waals surface area contributed by atoms with Crippen molar-refractivity contribution in [2.45, 2.75) is 6.54 Å². The van der Waals surface area contributed by atoms with Crippen molar-refractivity contribution < 1.29 is 0 Å². The van der Waals surface area contributed by atoms with E-state index in [0.29, 0.717) is 4.77 Å². The highest BCUT2D eigenvalue weighted by Gasteiger charge is 2.08. The number of aromatic amines is 1. The maximum absolute atomic E-state index is 5.06. The monoisotopic (exact) mass is 240 g/mol. The van der Waals surface area contributed by atoms with Gasteiger partial charge in [0.25, 0.3) is 0 Å². The quantitative estimate of drug-likeness (QED) is 0.835. The number of hydrogen-bond acceptors (Lipinski definition) is 4. The molecule has 0 amide bonds. The van der Waals surface area contributed by atoms with E-state index in [1.807, 2.05) is 18.7 Å². The minimum Gasteiger partial charge on any atom is -0.339 e. The van der Waals surface area contributed by atoms with Crippen LogP contribution in [-0.2, 0) is 13.6 Å². The zero-order valence-corrected chi connectivity index (χ0v) is 10.2. The Hall–Kier alpha value is -1.14. The highest BCUT2D eigenvalue weighted by Crippen LogP contribution is 2.15. The van der Waals surface area contributed by atoms with Crippen LogP contribution in [0.5, 0.6) is 0 Å². The number of rotatable bonds is 3. The van der Waals surface area contributed by atoms with Gasteiger partial charge in [-0.1, -0.05) is 6.07 Å². The predicted molar refractivity (Wildman–Crippen MR) is 64.8 cm³/mol. The molecule has 4 nitrogen and oxygen atoms in total. The minimum absolute atomic E-state index is 0.642. The lowest BCUT2D eigenvalue weighted by Crippen LogP contribution is -2.19. The highest BCUT2D eigenvalue weighted by atomic mass is 32.1. The van der Waals surface area contributed by atoms with Crippen molar-refractivity contribution in [2.75, 3.05) is 11.9 Å². The van der Waals surface area contributed by atoms with E-state index in [2.05, 4.69) is 32.6 Å². The predicted octanol–water partition coefficient (Wildman–Crippen LogP) is 2.18. The van der Waals surface area contributed by atoms with Gasteiger partial charge in [0.1, 0.15) is 0 Å². The third-order valence-corrected chi connectivity index (χ3v) is 3.40. The molecule has 2 aromatic rings. The van der Waals surface area contributed by atoms with Crippen molar-refractivity contribution in [3.63, 3.8) is 0 Å². The second kappa shape index (κ2) is 4.16. The smallest absolute Gasteiger partial charge is 0.225 e. The molecule has 0 saturated heterocycles. The number of thiophene rings is 1. The van der Waals surface area contributed by atoms with Crippen LogP contribution < -0.4 is 4.90 Å². The number of nitrogens with zero attached hydrogens (tertiary/aromatic N) is 3. The largest absolute Gasteiger partial charge is 0.339 e. The molecule has 0 aliphatic carbocycles. The molecule has 0 atom stereocenters. The number of nitrogens with one attached hydrogen (secondary N) is 1. The van der Waals surface area contributed by atoms with Crippen LogP contribution in [0.15, 0.2) is 17.5 Å². The van der Waals surface area contributed by atoms with Crippen LogP contribution in [0.1, 0.15) is 4.88 Å². The van der Waals surface area contributed by atoms with Gasteiger partial charge in [-0.3, -0.25) is 4.57 Å². The van der Waals surface area contributed by atoms with Gasteiger partial charge in [0.05, 0.1) is 6.54 Å². The molecule has 80 valence electrons. The summed E-state index contributed by atoms with van der Waals surface area (Å²) in [5.74, 6) is 0.855. The van der Waals surface area contributed by atoms with Crippen LogP contribution >= 0.6 is 23.6 Å². The van der Waals surface area contributed by atoms with Crippen LogP contribution in [0.2, 0.25) is 0 Å². The van der Waals surface area contributed by atoms with Crippen LogP contribution in [0, 0.1) is 4.77 Å². The average Bonchev–Trinajstić information content (AvgIpc) is 2.79. The molecule has 0 fully saturated rings. The lowest BCUT2D eigenvalue weighted by molar-refractivity contribution is 0.806. The second-order valence-electron chi connectivity index (χ2n) is 3.32. The first-order chi connectivity index (χ1) is 7.18. The lowest BCUT2D eigenvalue weighted by Gasteiger charge is -2.15.